The number of hydrogen-bond acceptors (Lipinski definition) is 6. The molecule has 2 heterocycles. The quantitative estimate of drug-likeness (QED) is 0.391. The Morgan fingerprint density at radius 2 is 1.68 bits per heavy atom. The van der Waals surface area contributed by atoms with Crippen molar-refractivity contribution in [3.63, 3.8) is 0 Å². The second-order valence-corrected chi connectivity index (χ2v) is 11.5. The van der Waals surface area contributed by atoms with Gasteiger partial charge in [-0.05, 0) is 41.2 Å². The Balaban J connectivity index is 1.38. The normalized spacial score (nSPS) is 16.9. The molecular formula is C30H36N6O2. The molecule has 1 amide bonds. The van der Waals surface area contributed by atoms with Gasteiger partial charge in [-0.25, -0.2) is 0 Å². The summed E-state index contributed by atoms with van der Waals surface area (Å²) in [5.74, 6) is 1.32. The number of amidine groups is 1. The number of aliphatic imine (C=N–C) groups is 1. The summed E-state index contributed by atoms with van der Waals surface area (Å²) < 4.78 is 0. The van der Waals surface area contributed by atoms with E-state index >= 15 is 0 Å². The molecule has 0 radical (unpaired) electrons. The summed E-state index contributed by atoms with van der Waals surface area (Å²) in [4.78, 5) is 34.1. The van der Waals surface area contributed by atoms with Gasteiger partial charge in [0.15, 0.2) is 0 Å². The van der Waals surface area contributed by atoms with Gasteiger partial charge in [-0.3, -0.25) is 19.5 Å². The van der Waals surface area contributed by atoms with Crippen LogP contribution in [-0.2, 0) is 11.3 Å². The van der Waals surface area contributed by atoms with Crippen LogP contribution in [-0.4, -0.2) is 48.3 Å². The van der Waals surface area contributed by atoms with E-state index in [4.69, 9.17) is 4.99 Å². The number of carbonyl (C=O) groups is 2. The Morgan fingerprint density at radius 3 is 2.34 bits per heavy atom. The average Bonchev–Trinajstić information content (AvgIpc) is 3.64. The second kappa shape index (κ2) is 10.2. The molecule has 1 aliphatic carbocycles. The number of carbonyl (C=O) groups excluding carboxylic acids is 2. The van der Waals surface area contributed by atoms with Crippen molar-refractivity contribution in [1.29, 1.82) is 0 Å². The molecule has 8 nitrogen and oxygen atoms in total. The van der Waals surface area contributed by atoms with Crippen LogP contribution in [0.3, 0.4) is 0 Å². The molecule has 5 rings (SSSR count). The topological polar surface area (TPSA) is 93.3 Å². The molecular weight excluding hydrogens is 476 g/mol. The highest BCUT2D eigenvalue weighted by atomic mass is 16.2. The average molecular weight is 513 g/mol. The Kier molecular flexibility index (Phi) is 6.99. The van der Waals surface area contributed by atoms with Crippen molar-refractivity contribution in [2.75, 3.05) is 0 Å². The molecule has 2 aromatic carbocycles. The number of nitrogens with zero attached hydrogens (tertiary/aromatic N) is 6. The number of tetrazole rings is 1. The van der Waals surface area contributed by atoms with Crippen LogP contribution in [0.25, 0.3) is 22.5 Å². The standard InChI is InChI=1S/C30H36N6O2/c1-5-6-13-25-31-30(18-9-10-19-30)28(38)35(25)20-21-14-16-22(17-15-21)23-11-7-8-12-24(23)26-32-34-36(33-26)27(37)29(2,3)4/h7-8,11-12,14-17H,5-6,9-10,13,18-20H2,1-4H3. The summed E-state index contributed by atoms with van der Waals surface area (Å²) in [6, 6.07) is 16.1. The molecule has 198 valence electrons. The molecule has 0 bridgehead atoms. The van der Waals surface area contributed by atoms with Gasteiger partial charge in [-0.1, -0.05) is 100 Å². The van der Waals surface area contributed by atoms with Crippen molar-refractivity contribution < 1.29 is 9.59 Å². The zero-order chi connectivity index (χ0) is 26.9. The summed E-state index contributed by atoms with van der Waals surface area (Å²) in [5.41, 5.74) is 2.71. The molecule has 0 atom stereocenters. The van der Waals surface area contributed by atoms with Gasteiger partial charge in [0.2, 0.25) is 5.82 Å². The first-order valence-electron chi connectivity index (χ1n) is 13.7. The van der Waals surface area contributed by atoms with Gasteiger partial charge in [-0.2, -0.15) is 0 Å². The molecule has 1 aliphatic heterocycles. The minimum Gasteiger partial charge on any atom is -0.294 e. The van der Waals surface area contributed by atoms with Crippen LogP contribution in [0.15, 0.2) is 53.5 Å². The lowest BCUT2D eigenvalue weighted by molar-refractivity contribution is -0.131. The summed E-state index contributed by atoms with van der Waals surface area (Å²) >= 11 is 0. The van der Waals surface area contributed by atoms with Gasteiger partial charge in [0.05, 0.1) is 6.54 Å². The van der Waals surface area contributed by atoms with Crippen molar-refractivity contribution in [1.82, 2.24) is 25.1 Å². The molecule has 1 fully saturated rings. The van der Waals surface area contributed by atoms with E-state index in [9.17, 15) is 9.59 Å². The molecule has 0 N–H and O–H groups in total. The van der Waals surface area contributed by atoms with Gasteiger partial charge in [0.25, 0.3) is 11.8 Å². The first kappa shape index (κ1) is 25.9. The minimum absolute atomic E-state index is 0.175. The maximum atomic E-state index is 13.5. The highest BCUT2D eigenvalue weighted by Crippen LogP contribution is 2.40. The minimum atomic E-state index is -0.609. The summed E-state index contributed by atoms with van der Waals surface area (Å²) in [7, 11) is 0. The summed E-state index contributed by atoms with van der Waals surface area (Å²) in [5, 5.41) is 12.6. The van der Waals surface area contributed by atoms with Gasteiger partial charge >= 0.3 is 0 Å². The SMILES string of the molecule is CCCCC1=NC2(CCCC2)C(=O)N1Cc1ccc(-c2ccccc2-c2nnn(C(=O)C(C)(C)C)n2)cc1. The number of amides is 1. The fraction of sp³-hybridized carbons (Fsp3) is 0.467. The van der Waals surface area contributed by atoms with Gasteiger partial charge in [0, 0.05) is 17.4 Å². The van der Waals surface area contributed by atoms with Crippen LogP contribution in [0, 0.1) is 5.41 Å². The smallest absolute Gasteiger partial charge is 0.271 e. The van der Waals surface area contributed by atoms with Crippen molar-refractivity contribution in [2.24, 2.45) is 10.4 Å². The van der Waals surface area contributed by atoms with E-state index in [0.29, 0.717) is 12.4 Å². The molecule has 3 aromatic rings. The zero-order valence-corrected chi connectivity index (χ0v) is 22.8. The predicted molar refractivity (Wildman–Crippen MR) is 147 cm³/mol. The van der Waals surface area contributed by atoms with Crippen LogP contribution >= 0.6 is 0 Å². The van der Waals surface area contributed by atoms with E-state index in [0.717, 1.165) is 77.8 Å². The molecule has 1 spiro atoms. The third-order valence-corrected chi connectivity index (χ3v) is 7.49. The Hall–Kier alpha value is -3.68. The number of aromatic nitrogens is 4. The predicted octanol–water partition coefficient (Wildman–Crippen LogP) is 5.94. The van der Waals surface area contributed by atoms with Gasteiger partial charge in [-0.15, -0.1) is 10.2 Å². The number of rotatable bonds is 7. The van der Waals surface area contributed by atoms with Crippen molar-refractivity contribution in [2.45, 2.75) is 84.7 Å². The van der Waals surface area contributed by atoms with Crippen LogP contribution < -0.4 is 0 Å². The molecule has 2 aliphatic rings. The van der Waals surface area contributed by atoms with E-state index in [1.165, 1.54) is 0 Å². The Morgan fingerprint density at radius 1 is 1.00 bits per heavy atom. The van der Waals surface area contributed by atoms with Gasteiger partial charge in [0.1, 0.15) is 11.4 Å². The molecule has 0 saturated heterocycles. The molecule has 0 unspecified atom stereocenters. The molecule has 1 saturated carbocycles. The monoisotopic (exact) mass is 512 g/mol. The maximum Gasteiger partial charge on any atom is 0.271 e. The molecule has 1 aromatic heterocycles. The first-order chi connectivity index (χ1) is 18.2. The lowest BCUT2D eigenvalue weighted by Crippen LogP contribution is -2.40. The van der Waals surface area contributed by atoms with Crippen LogP contribution in [0.2, 0.25) is 0 Å². The third kappa shape index (κ3) is 4.91. The highest BCUT2D eigenvalue weighted by molar-refractivity contribution is 6.08. The summed E-state index contributed by atoms with van der Waals surface area (Å²) in [6.45, 7) is 8.19. The van der Waals surface area contributed by atoms with E-state index in [1.54, 1.807) is 0 Å². The zero-order valence-electron chi connectivity index (χ0n) is 22.8. The summed E-state index contributed by atoms with van der Waals surface area (Å²) in [6.07, 6.45) is 6.85. The van der Waals surface area contributed by atoms with Gasteiger partial charge < -0.3 is 0 Å². The Labute approximate surface area is 224 Å². The third-order valence-electron chi connectivity index (χ3n) is 7.49. The molecule has 38 heavy (non-hydrogen) atoms. The Bertz CT molecular complexity index is 1360. The van der Waals surface area contributed by atoms with E-state index in [2.05, 4.69) is 46.6 Å². The van der Waals surface area contributed by atoms with Crippen LogP contribution in [0.5, 0.6) is 0 Å². The lowest BCUT2D eigenvalue weighted by atomic mass is 9.96. The van der Waals surface area contributed by atoms with E-state index < -0.39 is 11.0 Å². The molecule has 8 heteroatoms. The number of unbranched alkanes of at least 4 members (excludes halogenated alkanes) is 1. The number of benzene rings is 2. The van der Waals surface area contributed by atoms with Crippen LogP contribution in [0.4, 0.5) is 0 Å². The van der Waals surface area contributed by atoms with Crippen LogP contribution in [0.1, 0.15) is 83.0 Å². The van der Waals surface area contributed by atoms with Crippen molar-refractivity contribution in [3.8, 4) is 22.5 Å². The highest BCUT2D eigenvalue weighted by Gasteiger charge is 2.49. The van der Waals surface area contributed by atoms with E-state index in [-0.39, 0.29) is 11.8 Å². The fourth-order valence-corrected chi connectivity index (χ4v) is 5.31. The lowest BCUT2D eigenvalue weighted by Gasteiger charge is -2.23. The second-order valence-electron chi connectivity index (χ2n) is 11.5. The van der Waals surface area contributed by atoms with Crippen molar-refractivity contribution in [3.05, 3.63) is 54.1 Å². The first-order valence-corrected chi connectivity index (χ1v) is 13.7. The van der Waals surface area contributed by atoms with E-state index in [1.807, 2.05) is 49.9 Å². The maximum absolute atomic E-state index is 13.5. The fourth-order valence-electron chi connectivity index (χ4n) is 5.31. The van der Waals surface area contributed by atoms with Crippen molar-refractivity contribution >= 4 is 17.6 Å². The largest absolute Gasteiger partial charge is 0.294 e. The number of hydrogen-bond donors (Lipinski definition) is 0.